The molecule has 1 rings (SSSR count). The van der Waals surface area contributed by atoms with Crippen LogP contribution in [0.25, 0.3) is 0 Å². The van der Waals surface area contributed by atoms with Crippen molar-refractivity contribution >= 4 is 92.9 Å². The summed E-state index contributed by atoms with van der Waals surface area (Å²) in [5.41, 5.74) is 11.5. The molecule has 0 amide bonds. The van der Waals surface area contributed by atoms with Crippen molar-refractivity contribution in [3.8, 4) is 0 Å². The summed E-state index contributed by atoms with van der Waals surface area (Å²) in [7, 11) is -21.0. The van der Waals surface area contributed by atoms with Crippen LogP contribution in [0.4, 0.5) is 0 Å². The highest BCUT2D eigenvalue weighted by atomic mass is 28.5. The van der Waals surface area contributed by atoms with Crippen LogP contribution in [0, 0.1) is 0 Å². The second kappa shape index (κ2) is 29.0. The summed E-state index contributed by atoms with van der Waals surface area (Å²) in [4.78, 5) is 3.56. The molecular weight excluding hydrogens is 1050 g/mol. The number of hydrogen-bond donors (Lipinski definition) is 4. The van der Waals surface area contributed by atoms with Gasteiger partial charge in [-0.15, -0.1) is 0 Å². The number of ether oxygens (including phenoxy) is 1. The molecule has 6 N–H and O–H groups in total. The third-order valence-corrected chi connectivity index (χ3v) is 47.9. The Labute approximate surface area is 441 Å². The van der Waals surface area contributed by atoms with Crippen molar-refractivity contribution in [1.82, 2.24) is 10.3 Å². The highest BCUT2D eigenvalue weighted by Gasteiger charge is 2.46. The van der Waals surface area contributed by atoms with Gasteiger partial charge >= 0.3 is 42.8 Å². The second-order valence-electron chi connectivity index (χ2n) is 27.6. The molecule has 1 saturated heterocycles. The van der Waals surface area contributed by atoms with Gasteiger partial charge in [0.25, 0.3) is 8.48 Å². The van der Waals surface area contributed by atoms with Gasteiger partial charge in [0.15, 0.2) is 41.6 Å². The molecule has 1 heterocycles. The van der Waals surface area contributed by atoms with Gasteiger partial charge in [-0.1, -0.05) is 6.92 Å². The fourth-order valence-corrected chi connectivity index (χ4v) is 59.1. The first-order valence-electron chi connectivity index (χ1n) is 26.5. The van der Waals surface area contributed by atoms with Crippen LogP contribution in [0.2, 0.25) is 175 Å². The predicted molar refractivity (Wildman–Crippen MR) is 328 cm³/mol. The molecule has 0 saturated carbocycles. The van der Waals surface area contributed by atoms with E-state index in [0.717, 1.165) is 76.4 Å². The average molecular weight is 1170 g/mol. The van der Waals surface area contributed by atoms with E-state index in [1.807, 2.05) is 0 Å². The van der Waals surface area contributed by atoms with Gasteiger partial charge in [-0.3, -0.25) is 0 Å². The first-order chi connectivity index (χ1) is 30.3. The van der Waals surface area contributed by atoms with Crippen molar-refractivity contribution in [2.24, 2.45) is 11.5 Å². The minimum atomic E-state index is -2.34. The van der Waals surface area contributed by atoms with Gasteiger partial charge in [-0.2, -0.15) is 0 Å². The molecule has 2 atom stereocenters. The Balaban J connectivity index is 0. The van der Waals surface area contributed by atoms with Crippen LogP contribution in [0.1, 0.15) is 73.1 Å². The Morgan fingerprint density at radius 1 is 0.464 bits per heavy atom. The van der Waals surface area contributed by atoms with Gasteiger partial charge in [-0.25, -0.2) is 0 Å². The standard InChI is InChI=1S/C21H51NO4Si4.C12H34N2O2Si3.C12H35NO3Si4/c1-20(2)17-19(18-21(3,4)22-20)23-15-14-16-30(13,25-28(8,9)10)26-29(11,12)24-27(5,6)7;1-8-11-14-18(4,5)16-19(6,7)15-17(2,3)12-9-10-13;1-17(2,3)14-19(7,8)16-20(9,12-10-11-13)15-18(4,5)6/h19,22H,14-18H2,1-13H3;14H,8-13H2,1-7H3;10-13H2,1-9H3. The van der Waals surface area contributed by atoms with Crippen LogP contribution in [0.15, 0.2) is 0 Å². The molecule has 1 aliphatic heterocycles. The maximum atomic E-state index is 6.77. The van der Waals surface area contributed by atoms with Crippen LogP contribution in [0.5, 0.6) is 0 Å². The quantitative estimate of drug-likeness (QED) is 0.0398. The van der Waals surface area contributed by atoms with Crippen LogP contribution in [-0.2, 0) is 37.7 Å². The molecule has 1 aliphatic rings. The van der Waals surface area contributed by atoms with E-state index in [1.165, 1.54) is 0 Å². The van der Waals surface area contributed by atoms with Gasteiger partial charge in [0.05, 0.1) is 6.10 Å². The predicted octanol–water partition coefficient (Wildman–Crippen LogP) is 13.0. The third kappa shape index (κ3) is 40.7. The van der Waals surface area contributed by atoms with Crippen LogP contribution in [-0.4, -0.2) is 136 Å². The van der Waals surface area contributed by atoms with Crippen molar-refractivity contribution in [2.45, 2.75) is 266 Å². The van der Waals surface area contributed by atoms with E-state index in [4.69, 9.17) is 49.1 Å². The summed E-state index contributed by atoms with van der Waals surface area (Å²) >= 11 is 0. The molecule has 418 valence electrons. The molecule has 0 bridgehead atoms. The smallest absolute Gasteiger partial charge is 0.315 e. The van der Waals surface area contributed by atoms with Gasteiger partial charge in [0.1, 0.15) is 0 Å². The average Bonchev–Trinajstić information content (AvgIpc) is 3.01. The van der Waals surface area contributed by atoms with E-state index in [2.05, 4.69) is 202 Å². The van der Waals surface area contributed by atoms with E-state index in [1.54, 1.807) is 0 Å². The highest BCUT2D eigenvalue weighted by molar-refractivity contribution is 6.91. The molecule has 0 aromatic heterocycles. The van der Waals surface area contributed by atoms with Crippen molar-refractivity contribution in [2.75, 3.05) is 26.2 Å². The highest BCUT2D eigenvalue weighted by Crippen LogP contribution is 2.33. The summed E-state index contributed by atoms with van der Waals surface area (Å²) in [6, 6.07) is 3.04. The number of hydrogen-bond acceptors (Lipinski definition) is 13. The monoisotopic (exact) mass is 1170 g/mol. The molecule has 0 aliphatic carbocycles. The van der Waals surface area contributed by atoms with E-state index in [0.29, 0.717) is 12.6 Å². The van der Waals surface area contributed by atoms with Crippen molar-refractivity contribution < 1.29 is 37.7 Å². The molecule has 0 radical (unpaired) electrons. The van der Waals surface area contributed by atoms with E-state index in [9.17, 15) is 0 Å². The lowest BCUT2D eigenvalue weighted by Gasteiger charge is -2.46. The number of rotatable bonds is 30. The summed E-state index contributed by atoms with van der Waals surface area (Å²) < 4.78 is 58.4. The first kappa shape index (κ1) is 72.9. The minimum Gasteiger partial charge on any atom is -0.437 e. The fraction of sp³-hybridized carbons (Fsp3) is 1.00. The molecule has 69 heavy (non-hydrogen) atoms. The Bertz CT molecular complexity index is 1400. The maximum absolute atomic E-state index is 6.77. The maximum Gasteiger partial charge on any atom is 0.315 e. The number of piperidine rings is 1. The van der Waals surface area contributed by atoms with Gasteiger partial charge in [0.2, 0.25) is 0 Å². The molecule has 24 heteroatoms. The zero-order chi connectivity index (χ0) is 55.0. The fourth-order valence-electron chi connectivity index (χ4n) is 9.85. The lowest BCUT2D eigenvalue weighted by molar-refractivity contribution is -0.0217. The van der Waals surface area contributed by atoms with Crippen LogP contribution < -0.4 is 21.8 Å². The molecular formula is C45H120N4O9Si11. The molecule has 13 nitrogen and oxygen atoms in total. The van der Waals surface area contributed by atoms with Crippen molar-refractivity contribution in [3.63, 3.8) is 0 Å². The van der Waals surface area contributed by atoms with Crippen molar-refractivity contribution in [1.29, 1.82) is 0 Å². The lowest BCUT2D eigenvalue weighted by atomic mass is 9.81. The summed E-state index contributed by atoms with van der Waals surface area (Å²) in [5, 5.41) is 3.73. The van der Waals surface area contributed by atoms with Crippen LogP contribution >= 0.6 is 0 Å². The zero-order valence-electron chi connectivity index (χ0n) is 51.1. The topological polar surface area (TPSA) is 159 Å². The molecule has 0 spiro atoms. The minimum absolute atomic E-state index is 0.115. The van der Waals surface area contributed by atoms with Crippen molar-refractivity contribution in [3.05, 3.63) is 0 Å². The third-order valence-electron chi connectivity index (χ3n) is 9.99. The van der Waals surface area contributed by atoms with E-state index >= 15 is 0 Å². The van der Waals surface area contributed by atoms with E-state index < -0.39 is 92.9 Å². The Kier molecular flexibility index (Phi) is 30.7. The van der Waals surface area contributed by atoms with Crippen LogP contribution in [0.3, 0.4) is 0 Å². The zero-order valence-corrected chi connectivity index (χ0v) is 62.1. The Hall–Kier alpha value is 1.87. The Morgan fingerprint density at radius 3 is 1.16 bits per heavy atom. The summed E-state index contributed by atoms with van der Waals surface area (Å²) in [5.74, 6) is 0. The number of nitrogens with two attached hydrogens (primary N) is 2. The van der Waals surface area contributed by atoms with Gasteiger partial charge in [0, 0.05) is 17.7 Å². The molecule has 0 aromatic carbocycles. The van der Waals surface area contributed by atoms with Gasteiger partial charge < -0.3 is 59.4 Å². The number of nitrogens with one attached hydrogen (secondary N) is 2. The molecule has 1 fully saturated rings. The summed E-state index contributed by atoms with van der Waals surface area (Å²) in [6.07, 6.45) is 6.55. The lowest BCUT2D eigenvalue weighted by Crippen LogP contribution is -2.59. The normalized spacial score (nSPS) is 18.7. The van der Waals surface area contributed by atoms with E-state index in [-0.39, 0.29) is 11.1 Å². The molecule has 0 aromatic rings. The largest absolute Gasteiger partial charge is 0.437 e. The second-order valence-corrected chi connectivity index (χ2v) is 72.4. The first-order valence-corrected chi connectivity index (χ1v) is 59.7. The molecule has 2 unspecified atom stereocenters. The van der Waals surface area contributed by atoms with Gasteiger partial charge in [-0.05, 0) is 261 Å². The SMILES string of the molecule is CC1(C)CC(OCCC[Si](C)(O[Si](C)(C)C)O[Si](C)(C)O[Si](C)(C)C)CC(C)(C)N1.CCCN[Si](C)(C)O[Si](C)(C)O[Si](C)(C)CCCN.C[Si](C)(C)O[Si](C)(C)O[Si](C)(CCCN)O[Si](C)(C)C. The Morgan fingerprint density at radius 2 is 0.812 bits per heavy atom. The summed E-state index contributed by atoms with van der Waals surface area (Å²) in [6.45, 7) is 67.7.